The van der Waals surface area contributed by atoms with Crippen molar-refractivity contribution in [2.45, 2.75) is 25.5 Å². The largest absolute Gasteiger partial charge is 0.468 e. The second-order valence-corrected chi connectivity index (χ2v) is 3.03. The Morgan fingerprint density at radius 2 is 1.85 bits per heavy atom. The number of hydrogen-bond donors (Lipinski definition) is 0. The molecule has 0 aromatic heterocycles. The molecule has 6 nitrogen and oxygen atoms in total. The maximum atomic E-state index is 12.8. The Morgan fingerprint density at radius 3 is 2.25 bits per heavy atom. The van der Waals surface area contributed by atoms with Crippen LogP contribution < -0.4 is 0 Å². The molecule has 11 heteroatoms. The van der Waals surface area contributed by atoms with E-state index < -0.39 is 50.8 Å². The van der Waals surface area contributed by atoms with Gasteiger partial charge in [-0.05, 0) is 6.92 Å². The first-order chi connectivity index (χ1) is 9.21. The lowest BCUT2D eigenvalue weighted by Gasteiger charge is -2.30. The van der Waals surface area contributed by atoms with Crippen LogP contribution in [0.15, 0.2) is 0 Å². The molecule has 0 aliphatic carbocycles. The zero-order chi connectivity index (χ0) is 15.8. The summed E-state index contributed by atoms with van der Waals surface area (Å²) in [6.45, 7) is -5.18. The van der Waals surface area contributed by atoms with Gasteiger partial charge in [-0.1, -0.05) is 0 Å². The first-order valence-electron chi connectivity index (χ1n) is 5.10. The summed E-state index contributed by atoms with van der Waals surface area (Å²) in [4.78, 5) is 21.4. The molecule has 0 amide bonds. The summed E-state index contributed by atoms with van der Waals surface area (Å²) in [5, 5.41) is 0. The summed E-state index contributed by atoms with van der Waals surface area (Å²) < 4.78 is 77.3. The Bertz CT molecular complexity index is 320. The molecule has 0 spiro atoms. The molecule has 0 fully saturated rings. The second kappa shape index (κ2) is 7.94. The summed E-state index contributed by atoms with van der Waals surface area (Å²) in [5.74, 6) is -6.05. The van der Waals surface area contributed by atoms with Crippen molar-refractivity contribution in [2.24, 2.45) is 0 Å². The highest BCUT2D eigenvalue weighted by molar-refractivity contribution is 5.80. The Morgan fingerprint density at radius 1 is 1.25 bits per heavy atom. The normalized spacial score (nSPS) is 14.8. The molecule has 0 rings (SSSR count). The van der Waals surface area contributed by atoms with Crippen LogP contribution in [0.2, 0.25) is 0 Å². The quantitative estimate of drug-likeness (QED) is 0.210. The summed E-state index contributed by atoms with van der Waals surface area (Å²) >= 11 is 0. The van der Waals surface area contributed by atoms with Crippen LogP contribution >= 0.6 is 0 Å². The molecule has 20 heavy (non-hydrogen) atoms. The zero-order valence-corrected chi connectivity index (χ0v) is 10.1. The third kappa shape index (κ3) is 4.89. The Kier molecular flexibility index (Phi) is 7.35. The molecule has 0 aromatic rings. The highest BCUT2D eigenvalue weighted by atomic mass is 19.4. The lowest BCUT2D eigenvalue weighted by Crippen LogP contribution is -2.57. The van der Waals surface area contributed by atoms with E-state index in [1.165, 1.54) is 6.92 Å². The van der Waals surface area contributed by atoms with Gasteiger partial charge in [0.2, 0.25) is 0 Å². The highest BCUT2D eigenvalue weighted by Crippen LogP contribution is 2.35. The van der Waals surface area contributed by atoms with Gasteiger partial charge in [-0.3, -0.25) is 4.79 Å². The molecule has 0 N–H and O–H groups in total. The van der Waals surface area contributed by atoms with E-state index in [0.717, 1.165) is 0 Å². The monoisotopic (exact) mass is 310 g/mol. The van der Waals surface area contributed by atoms with Crippen molar-refractivity contribution >= 4 is 12.4 Å². The van der Waals surface area contributed by atoms with E-state index in [4.69, 9.17) is 0 Å². The predicted octanol–water partition coefficient (Wildman–Crippen LogP) is 1.24. The number of rotatable bonds is 9. The van der Waals surface area contributed by atoms with Gasteiger partial charge in [-0.15, -0.1) is 0 Å². The van der Waals surface area contributed by atoms with E-state index in [2.05, 4.69) is 18.9 Å². The van der Waals surface area contributed by atoms with Gasteiger partial charge in [-0.25, -0.2) is 4.79 Å². The van der Waals surface area contributed by atoms with Gasteiger partial charge in [0.05, 0.1) is 19.8 Å². The highest BCUT2D eigenvalue weighted by Gasteiger charge is 2.66. The number of carbonyl (C=O) groups excluding carboxylic acids is 2. The minimum Gasteiger partial charge on any atom is -0.461 e. The van der Waals surface area contributed by atoms with Gasteiger partial charge in [0, 0.05) is 0 Å². The second-order valence-electron chi connectivity index (χ2n) is 3.03. The van der Waals surface area contributed by atoms with Gasteiger partial charge in [-0.2, -0.15) is 22.0 Å². The third-order valence-electron chi connectivity index (χ3n) is 1.76. The molecule has 0 radical (unpaired) electrons. The molecule has 118 valence electrons. The predicted molar refractivity (Wildman–Crippen MR) is 50.5 cm³/mol. The number of alkyl halides is 5. The molecule has 0 saturated heterocycles. The molecule has 0 saturated carbocycles. The number of esters is 1. The summed E-state index contributed by atoms with van der Waals surface area (Å²) in [6, 6.07) is 0. The molecule has 1 unspecified atom stereocenters. The van der Waals surface area contributed by atoms with E-state index in [1.807, 2.05) is 0 Å². The number of carbonyl (C=O) groups is 2. The molecular weight excluding hydrogens is 299 g/mol. The Hall–Kier alpha value is -1.49. The minimum atomic E-state index is -5.47. The fraction of sp³-hybridized carbons (Fsp3) is 0.778. The maximum absolute atomic E-state index is 12.8. The summed E-state index contributed by atoms with van der Waals surface area (Å²) in [7, 11) is 0. The van der Waals surface area contributed by atoms with Crippen LogP contribution in [0.5, 0.6) is 0 Å². The minimum absolute atomic E-state index is 0.449. The molecule has 0 aliphatic heterocycles. The van der Waals surface area contributed by atoms with Crippen molar-refractivity contribution in [3.05, 3.63) is 0 Å². The Labute approximate surface area is 109 Å². The first-order valence-corrected chi connectivity index (χ1v) is 5.10. The van der Waals surface area contributed by atoms with Crippen molar-refractivity contribution in [3.63, 3.8) is 0 Å². The standard InChI is InChI=1S/C9H11F5O6/c1-2-17-6(16)8(20-5-15,9(12,13)14)19-4-3-18-7(10)11/h5,7H,2-4H2,1H3. The van der Waals surface area contributed by atoms with Crippen LogP contribution in [0.4, 0.5) is 22.0 Å². The molecule has 0 heterocycles. The fourth-order valence-corrected chi connectivity index (χ4v) is 1.02. The Balaban J connectivity index is 5.00. The summed E-state index contributed by atoms with van der Waals surface area (Å²) in [6.07, 6.45) is -5.47. The van der Waals surface area contributed by atoms with Crippen LogP contribution in [0, 0.1) is 0 Å². The van der Waals surface area contributed by atoms with Gasteiger partial charge < -0.3 is 18.9 Å². The molecule has 0 bridgehead atoms. The fourth-order valence-electron chi connectivity index (χ4n) is 1.02. The number of ether oxygens (including phenoxy) is 4. The summed E-state index contributed by atoms with van der Waals surface area (Å²) in [5.41, 5.74) is 0. The van der Waals surface area contributed by atoms with Crippen LogP contribution in [-0.2, 0) is 28.5 Å². The molecule has 1 atom stereocenters. The zero-order valence-electron chi connectivity index (χ0n) is 10.1. The van der Waals surface area contributed by atoms with E-state index in [1.54, 1.807) is 0 Å². The lowest BCUT2D eigenvalue weighted by molar-refractivity contribution is -0.354. The van der Waals surface area contributed by atoms with E-state index in [0.29, 0.717) is 0 Å². The molecular formula is C9H11F5O6. The van der Waals surface area contributed by atoms with Crippen LogP contribution in [0.25, 0.3) is 0 Å². The van der Waals surface area contributed by atoms with E-state index in [9.17, 15) is 31.5 Å². The van der Waals surface area contributed by atoms with Gasteiger partial charge in [0.1, 0.15) is 0 Å². The SMILES string of the molecule is CCOC(=O)C(OC=O)(OCCOC(F)F)C(F)(F)F. The average molecular weight is 310 g/mol. The first kappa shape index (κ1) is 18.5. The average Bonchev–Trinajstić information content (AvgIpc) is 2.31. The van der Waals surface area contributed by atoms with Crippen molar-refractivity contribution in [3.8, 4) is 0 Å². The van der Waals surface area contributed by atoms with Gasteiger partial charge in [0.25, 0.3) is 6.47 Å². The maximum Gasteiger partial charge on any atom is 0.468 e. The molecule has 0 aliphatic rings. The third-order valence-corrected chi connectivity index (χ3v) is 1.76. The van der Waals surface area contributed by atoms with E-state index in [-0.39, 0.29) is 0 Å². The lowest BCUT2D eigenvalue weighted by atomic mass is 10.2. The van der Waals surface area contributed by atoms with Crippen LogP contribution in [0.1, 0.15) is 6.92 Å². The van der Waals surface area contributed by atoms with E-state index >= 15 is 0 Å². The number of hydrogen-bond acceptors (Lipinski definition) is 6. The van der Waals surface area contributed by atoms with Crippen molar-refractivity contribution in [1.82, 2.24) is 0 Å². The van der Waals surface area contributed by atoms with Crippen LogP contribution in [0.3, 0.4) is 0 Å². The number of halogens is 5. The van der Waals surface area contributed by atoms with Crippen molar-refractivity contribution < 1.29 is 50.5 Å². The topological polar surface area (TPSA) is 71.1 Å². The van der Waals surface area contributed by atoms with Gasteiger partial charge in [0.15, 0.2) is 0 Å². The van der Waals surface area contributed by atoms with Gasteiger partial charge >= 0.3 is 24.5 Å². The van der Waals surface area contributed by atoms with Crippen molar-refractivity contribution in [1.29, 1.82) is 0 Å². The van der Waals surface area contributed by atoms with Crippen molar-refractivity contribution in [2.75, 3.05) is 19.8 Å². The van der Waals surface area contributed by atoms with Crippen LogP contribution in [-0.4, -0.2) is 50.8 Å². The molecule has 0 aromatic carbocycles. The smallest absolute Gasteiger partial charge is 0.461 e.